The topological polar surface area (TPSA) is 12.0 Å². The van der Waals surface area contributed by atoms with Crippen LogP contribution < -0.4 is 5.32 Å². The first-order valence-corrected chi connectivity index (χ1v) is 5.07. The van der Waals surface area contributed by atoms with Gasteiger partial charge >= 0.3 is 0 Å². The Morgan fingerprint density at radius 1 is 1.20 bits per heavy atom. The second kappa shape index (κ2) is 4.71. The largest absolute Gasteiger partial charge is 0.312 e. The minimum absolute atomic E-state index is 0.00377. The van der Waals surface area contributed by atoms with E-state index in [4.69, 9.17) is 0 Å². The number of halogens is 2. The van der Waals surface area contributed by atoms with Crippen LogP contribution in [0, 0.1) is 11.6 Å². The van der Waals surface area contributed by atoms with Gasteiger partial charge in [-0.25, -0.2) is 8.78 Å². The Balaban J connectivity index is 2.54. The fourth-order valence-electron chi connectivity index (χ4n) is 1.31. The summed E-state index contributed by atoms with van der Waals surface area (Å²) in [6, 6.07) is 3.55. The Hall–Kier alpha value is -0.960. The van der Waals surface area contributed by atoms with Gasteiger partial charge in [0.25, 0.3) is 0 Å². The molecule has 0 aliphatic carbocycles. The molecule has 0 unspecified atom stereocenters. The summed E-state index contributed by atoms with van der Waals surface area (Å²) in [6.07, 6.45) is 0.501. The first kappa shape index (κ1) is 12.1. The Kier molecular flexibility index (Phi) is 3.80. The SMILES string of the molecule is CC(C)(C)NCCc1cc(F)ccc1F. The second-order valence-electron chi connectivity index (χ2n) is 4.66. The fourth-order valence-corrected chi connectivity index (χ4v) is 1.31. The molecule has 0 radical (unpaired) electrons. The molecule has 0 saturated heterocycles. The van der Waals surface area contributed by atoms with E-state index in [2.05, 4.69) is 5.32 Å². The van der Waals surface area contributed by atoms with Crippen molar-refractivity contribution in [1.29, 1.82) is 0 Å². The summed E-state index contributed by atoms with van der Waals surface area (Å²) in [5.74, 6) is -0.728. The highest BCUT2D eigenvalue weighted by atomic mass is 19.1. The van der Waals surface area contributed by atoms with Gasteiger partial charge in [-0.05, 0) is 57.5 Å². The van der Waals surface area contributed by atoms with Gasteiger partial charge in [0.05, 0.1) is 0 Å². The van der Waals surface area contributed by atoms with Crippen LogP contribution in [-0.2, 0) is 6.42 Å². The average molecular weight is 213 g/mol. The smallest absolute Gasteiger partial charge is 0.126 e. The number of rotatable bonds is 3. The molecule has 84 valence electrons. The van der Waals surface area contributed by atoms with E-state index < -0.39 is 0 Å². The van der Waals surface area contributed by atoms with E-state index in [9.17, 15) is 8.78 Å². The minimum Gasteiger partial charge on any atom is -0.312 e. The van der Waals surface area contributed by atoms with Gasteiger partial charge in [0.15, 0.2) is 0 Å². The number of benzene rings is 1. The Morgan fingerprint density at radius 2 is 1.87 bits per heavy atom. The van der Waals surface area contributed by atoms with Crippen LogP contribution in [0.5, 0.6) is 0 Å². The third-order valence-corrected chi connectivity index (χ3v) is 2.06. The fraction of sp³-hybridized carbons (Fsp3) is 0.500. The van der Waals surface area contributed by atoms with Crippen molar-refractivity contribution in [2.75, 3.05) is 6.54 Å². The zero-order chi connectivity index (χ0) is 11.5. The molecule has 1 aromatic carbocycles. The third-order valence-electron chi connectivity index (χ3n) is 2.06. The van der Waals surface area contributed by atoms with Crippen molar-refractivity contribution in [2.45, 2.75) is 32.7 Å². The third kappa shape index (κ3) is 4.38. The molecule has 0 amide bonds. The first-order valence-electron chi connectivity index (χ1n) is 5.07. The van der Waals surface area contributed by atoms with Crippen LogP contribution in [-0.4, -0.2) is 12.1 Å². The predicted octanol–water partition coefficient (Wildman–Crippen LogP) is 2.90. The monoisotopic (exact) mass is 213 g/mol. The lowest BCUT2D eigenvalue weighted by molar-refractivity contribution is 0.427. The van der Waals surface area contributed by atoms with E-state index in [1.807, 2.05) is 20.8 Å². The molecule has 0 atom stereocenters. The van der Waals surface area contributed by atoms with Crippen LogP contribution in [0.25, 0.3) is 0 Å². The molecule has 0 aromatic heterocycles. The highest BCUT2D eigenvalue weighted by molar-refractivity contribution is 5.19. The molecule has 0 aliphatic heterocycles. The van der Waals surface area contributed by atoms with Crippen LogP contribution in [0.3, 0.4) is 0 Å². The van der Waals surface area contributed by atoms with E-state index in [1.54, 1.807) is 0 Å². The molecule has 3 heteroatoms. The normalized spacial score (nSPS) is 11.8. The predicted molar refractivity (Wildman–Crippen MR) is 57.8 cm³/mol. The van der Waals surface area contributed by atoms with E-state index in [0.717, 1.165) is 6.07 Å². The lowest BCUT2D eigenvalue weighted by Crippen LogP contribution is -2.37. The van der Waals surface area contributed by atoms with Crippen molar-refractivity contribution in [3.63, 3.8) is 0 Å². The van der Waals surface area contributed by atoms with Crippen molar-refractivity contribution >= 4 is 0 Å². The van der Waals surface area contributed by atoms with Crippen LogP contribution >= 0.6 is 0 Å². The summed E-state index contributed by atoms with van der Waals surface area (Å²) in [5.41, 5.74) is 0.427. The van der Waals surface area contributed by atoms with Gasteiger partial charge < -0.3 is 5.32 Å². The average Bonchev–Trinajstić information content (AvgIpc) is 2.09. The molecule has 1 rings (SSSR count). The molecule has 1 N–H and O–H groups in total. The van der Waals surface area contributed by atoms with Gasteiger partial charge in [0, 0.05) is 5.54 Å². The maximum Gasteiger partial charge on any atom is 0.126 e. The molecule has 15 heavy (non-hydrogen) atoms. The zero-order valence-corrected chi connectivity index (χ0v) is 9.40. The molecule has 0 saturated carbocycles. The number of nitrogens with one attached hydrogen (secondary N) is 1. The summed E-state index contributed by atoms with van der Waals surface area (Å²) < 4.78 is 26.0. The molecular formula is C12H17F2N. The van der Waals surface area contributed by atoms with Crippen molar-refractivity contribution in [3.05, 3.63) is 35.4 Å². The van der Waals surface area contributed by atoms with E-state index >= 15 is 0 Å². The molecular weight excluding hydrogens is 196 g/mol. The van der Waals surface area contributed by atoms with Gasteiger partial charge in [-0.15, -0.1) is 0 Å². The maximum absolute atomic E-state index is 13.2. The van der Waals surface area contributed by atoms with Gasteiger partial charge in [0.2, 0.25) is 0 Å². The van der Waals surface area contributed by atoms with Crippen molar-refractivity contribution < 1.29 is 8.78 Å². The second-order valence-corrected chi connectivity index (χ2v) is 4.66. The lowest BCUT2D eigenvalue weighted by Gasteiger charge is -2.20. The van der Waals surface area contributed by atoms with Crippen LogP contribution in [0.2, 0.25) is 0 Å². The molecule has 1 nitrogen and oxygen atoms in total. The van der Waals surface area contributed by atoms with Gasteiger partial charge in [-0.1, -0.05) is 0 Å². The van der Waals surface area contributed by atoms with E-state index in [0.29, 0.717) is 18.5 Å². The molecule has 0 aliphatic rings. The van der Waals surface area contributed by atoms with Gasteiger partial charge in [-0.3, -0.25) is 0 Å². The van der Waals surface area contributed by atoms with E-state index in [-0.39, 0.29) is 17.2 Å². The molecule has 0 bridgehead atoms. The number of hydrogen-bond acceptors (Lipinski definition) is 1. The first-order chi connectivity index (χ1) is 6.88. The van der Waals surface area contributed by atoms with E-state index in [1.165, 1.54) is 12.1 Å². The minimum atomic E-state index is -0.387. The molecule has 1 aromatic rings. The lowest BCUT2D eigenvalue weighted by atomic mass is 10.1. The highest BCUT2D eigenvalue weighted by Crippen LogP contribution is 2.10. The summed E-state index contributed by atoms with van der Waals surface area (Å²) in [6.45, 7) is 6.75. The van der Waals surface area contributed by atoms with Crippen LogP contribution in [0.15, 0.2) is 18.2 Å². The molecule has 0 fully saturated rings. The standard InChI is InChI=1S/C12H17F2N/c1-12(2,3)15-7-6-9-8-10(13)4-5-11(9)14/h4-5,8,15H,6-7H2,1-3H3. The highest BCUT2D eigenvalue weighted by Gasteiger charge is 2.09. The van der Waals surface area contributed by atoms with Crippen LogP contribution in [0.4, 0.5) is 8.78 Å². The van der Waals surface area contributed by atoms with Crippen molar-refractivity contribution in [1.82, 2.24) is 5.32 Å². The Labute approximate surface area is 89.5 Å². The quantitative estimate of drug-likeness (QED) is 0.814. The van der Waals surface area contributed by atoms with Crippen LogP contribution in [0.1, 0.15) is 26.3 Å². The van der Waals surface area contributed by atoms with Crippen molar-refractivity contribution in [2.24, 2.45) is 0 Å². The molecule has 0 spiro atoms. The molecule has 0 heterocycles. The summed E-state index contributed by atoms with van der Waals surface area (Å²) in [7, 11) is 0. The summed E-state index contributed by atoms with van der Waals surface area (Å²) >= 11 is 0. The Morgan fingerprint density at radius 3 is 2.47 bits per heavy atom. The van der Waals surface area contributed by atoms with Gasteiger partial charge in [-0.2, -0.15) is 0 Å². The van der Waals surface area contributed by atoms with Gasteiger partial charge in [0.1, 0.15) is 11.6 Å². The van der Waals surface area contributed by atoms with Crippen molar-refractivity contribution in [3.8, 4) is 0 Å². The Bertz CT molecular complexity index is 329. The maximum atomic E-state index is 13.2. The summed E-state index contributed by atoms with van der Waals surface area (Å²) in [5, 5.41) is 3.23. The zero-order valence-electron chi connectivity index (χ0n) is 9.40. The number of hydrogen-bond donors (Lipinski definition) is 1. The summed E-state index contributed by atoms with van der Waals surface area (Å²) in [4.78, 5) is 0.